The normalized spacial score (nSPS) is 9.30. The van der Waals surface area contributed by atoms with E-state index in [1.807, 2.05) is 0 Å². The summed E-state index contributed by atoms with van der Waals surface area (Å²) in [5, 5.41) is 13.5. The highest BCUT2D eigenvalue weighted by Gasteiger charge is 1.90. The fraction of sp³-hybridized carbons (Fsp3) is 0.833. The second-order valence-corrected chi connectivity index (χ2v) is 1.98. The Bertz CT molecular complexity index is 95.7. The molecule has 0 aliphatic heterocycles. The molecule has 0 spiro atoms. The molecule has 0 aliphatic rings. The van der Waals surface area contributed by atoms with Crippen LogP contribution in [0.15, 0.2) is 0 Å². The number of hydrogen-bond donors (Lipinski definition) is 3. The molecule has 0 atom stereocenters. The molecule has 4 heteroatoms. The SMILES string of the molecule is CCCNCCNC(=O)O. The molecular formula is C6H14N2O2. The Morgan fingerprint density at radius 2 is 2.10 bits per heavy atom. The van der Waals surface area contributed by atoms with E-state index < -0.39 is 6.09 Å². The lowest BCUT2D eigenvalue weighted by Gasteiger charge is -2.01. The summed E-state index contributed by atoms with van der Waals surface area (Å²) in [4.78, 5) is 9.89. The number of hydrogen-bond acceptors (Lipinski definition) is 2. The predicted molar refractivity (Wildman–Crippen MR) is 39.2 cm³/mol. The molecule has 1 amide bonds. The number of amides is 1. The molecule has 3 N–H and O–H groups in total. The molecule has 0 heterocycles. The van der Waals surface area contributed by atoms with Gasteiger partial charge in [0.25, 0.3) is 0 Å². The third-order valence-corrected chi connectivity index (χ3v) is 1.00. The molecule has 4 nitrogen and oxygen atoms in total. The highest BCUT2D eigenvalue weighted by molar-refractivity contribution is 5.64. The molecule has 0 saturated carbocycles. The molecule has 0 aromatic carbocycles. The molecule has 0 aliphatic carbocycles. The van der Waals surface area contributed by atoms with Gasteiger partial charge in [-0.05, 0) is 13.0 Å². The van der Waals surface area contributed by atoms with Gasteiger partial charge in [-0.1, -0.05) is 6.92 Å². The summed E-state index contributed by atoms with van der Waals surface area (Å²) in [5.74, 6) is 0. The fourth-order valence-corrected chi connectivity index (χ4v) is 0.560. The van der Waals surface area contributed by atoms with Gasteiger partial charge in [-0.15, -0.1) is 0 Å². The largest absolute Gasteiger partial charge is 0.465 e. The Balaban J connectivity index is 2.84. The van der Waals surface area contributed by atoms with Crippen LogP contribution in [0, 0.1) is 0 Å². The summed E-state index contributed by atoms with van der Waals surface area (Å²) in [6.07, 6.45) is 0.117. The van der Waals surface area contributed by atoms with E-state index in [1.54, 1.807) is 0 Å². The van der Waals surface area contributed by atoms with Gasteiger partial charge in [-0.3, -0.25) is 0 Å². The zero-order valence-electron chi connectivity index (χ0n) is 6.18. The van der Waals surface area contributed by atoms with E-state index in [0.717, 1.165) is 13.0 Å². The summed E-state index contributed by atoms with van der Waals surface area (Å²) in [6.45, 7) is 4.20. The van der Waals surface area contributed by atoms with Gasteiger partial charge in [0, 0.05) is 13.1 Å². The molecule has 0 aromatic rings. The zero-order chi connectivity index (χ0) is 7.82. The van der Waals surface area contributed by atoms with Gasteiger partial charge in [0.2, 0.25) is 0 Å². The highest BCUT2D eigenvalue weighted by atomic mass is 16.4. The van der Waals surface area contributed by atoms with Crippen LogP contribution >= 0.6 is 0 Å². The van der Waals surface area contributed by atoms with Crippen LogP contribution in [-0.4, -0.2) is 30.8 Å². The third-order valence-electron chi connectivity index (χ3n) is 1.00. The molecule has 0 bridgehead atoms. The molecule has 0 rings (SSSR count). The Morgan fingerprint density at radius 3 is 2.60 bits per heavy atom. The highest BCUT2D eigenvalue weighted by Crippen LogP contribution is 1.67. The lowest BCUT2D eigenvalue weighted by atomic mass is 10.5. The van der Waals surface area contributed by atoms with Gasteiger partial charge >= 0.3 is 6.09 Å². The van der Waals surface area contributed by atoms with E-state index in [1.165, 1.54) is 0 Å². The summed E-state index contributed by atoms with van der Waals surface area (Å²) in [6, 6.07) is 0. The molecule has 0 radical (unpaired) electrons. The minimum absolute atomic E-state index is 0.481. The second-order valence-electron chi connectivity index (χ2n) is 1.98. The smallest absolute Gasteiger partial charge is 0.404 e. The van der Waals surface area contributed by atoms with Crippen LogP contribution in [-0.2, 0) is 0 Å². The van der Waals surface area contributed by atoms with E-state index in [-0.39, 0.29) is 0 Å². The first-order chi connectivity index (χ1) is 4.77. The van der Waals surface area contributed by atoms with Gasteiger partial charge < -0.3 is 15.7 Å². The van der Waals surface area contributed by atoms with Crippen LogP contribution in [0.2, 0.25) is 0 Å². The van der Waals surface area contributed by atoms with Crippen molar-refractivity contribution in [1.82, 2.24) is 10.6 Å². The molecule has 0 saturated heterocycles. The first kappa shape index (κ1) is 9.23. The summed E-state index contributed by atoms with van der Waals surface area (Å²) >= 11 is 0. The van der Waals surface area contributed by atoms with Crippen molar-refractivity contribution >= 4 is 6.09 Å². The minimum Gasteiger partial charge on any atom is -0.465 e. The molecule has 0 aromatic heterocycles. The van der Waals surface area contributed by atoms with Crippen molar-refractivity contribution in [2.45, 2.75) is 13.3 Å². The fourth-order valence-electron chi connectivity index (χ4n) is 0.560. The lowest BCUT2D eigenvalue weighted by Crippen LogP contribution is -2.30. The minimum atomic E-state index is -0.960. The Kier molecular flexibility index (Phi) is 5.86. The summed E-state index contributed by atoms with van der Waals surface area (Å²) in [5.41, 5.74) is 0. The van der Waals surface area contributed by atoms with E-state index in [2.05, 4.69) is 17.6 Å². The second kappa shape index (κ2) is 6.35. The Hall–Kier alpha value is -0.770. The van der Waals surface area contributed by atoms with E-state index in [0.29, 0.717) is 13.1 Å². The molecule has 0 unspecified atom stereocenters. The van der Waals surface area contributed by atoms with Gasteiger partial charge in [-0.2, -0.15) is 0 Å². The van der Waals surface area contributed by atoms with E-state index in [9.17, 15) is 4.79 Å². The molecule has 0 fully saturated rings. The van der Waals surface area contributed by atoms with Crippen molar-refractivity contribution < 1.29 is 9.90 Å². The maximum Gasteiger partial charge on any atom is 0.404 e. The number of carbonyl (C=O) groups is 1. The average molecular weight is 146 g/mol. The van der Waals surface area contributed by atoms with Crippen LogP contribution < -0.4 is 10.6 Å². The first-order valence-electron chi connectivity index (χ1n) is 3.45. The summed E-state index contributed by atoms with van der Waals surface area (Å²) < 4.78 is 0. The Labute approximate surface area is 60.6 Å². The molecule has 60 valence electrons. The molecular weight excluding hydrogens is 132 g/mol. The van der Waals surface area contributed by atoms with Gasteiger partial charge in [0.05, 0.1) is 0 Å². The zero-order valence-corrected chi connectivity index (χ0v) is 6.18. The van der Waals surface area contributed by atoms with Crippen LogP contribution in [0.4, 0.5) is 4.79 Å². The van der Waals surface area contributed by atoms with Crippen LogP contribution in [0.1, 0.15) is 13.3 Å². The van der Waals surface area contributed by atoms with E-state index in [4.69, 9.17) is 5.11 Å². The van der Waals surface area contributed by atoms with Gasteiger partial charge in [0.15, 0.2) is 0 Å². The number of rotatable bonds is 5. The number of carboxylic acid groups (broad SMARTS) is 1. The number of nitrogens with one attached hydrogen (secondary N) is 2. The maximum absolute atomic E-state index is 9.89. The average Bonchev–Trinajstić information content (AvgIpc) is 1.87. The van der Waals surface area contributed by atoms with Crippen molar-refractivity contribution in [2.24, 2.45) is 0 Å². The van der Waals surface area contributed by atoms with Crippen molar-refractivity contribution in [1.29, 1.82) is 0 Å². The van der Waals surface area contributed by atoms with Crippen molar-refractivity contribution in [3.63, 3.8) is 0 Å². The van der Waals surface area contributed by atoms with Crippen molar-refractivity contribution in [3.8, 4) is 0 Å². The van der Waals surface area contributed by atoms with Crippen molar-refractivity contribution in [2.75, 3.05) is 19.6 Å². The lowest BCUT2D eigenvalue weighted by molar-refractivity contribution is 0.194. The maximum atomic E-state index is 9.89. The van der Waals surface area contributed by atoms with Crippen LogP contribution in [0.5, 0.6) is 0 Å². The van der Waals surface area contributed by atoms with Crippen LogP contribution in [0.3, 0.4) is 0 Å². The Morgan fingerprint density at radius 1 is 1.40 bits per heavy atom. The van der Waals surface area contributed by atoms with Crippen LogP contribution in [0.25, 0.3) is 0 Å². The summed E-state index contributed by atoms with van der Waals surface area (Å²) in [7, 11) is 0. The van der Waals surface area contributed by atoms with Gasteiger partial charge in [0.1, 0.15) is 0 Å². The topological polar surface area (TPSA) is 61.4 Å². The first-order valence-corrected chi connectivity index (χ1v) is 3.45. The van der Waals surface area contributed by atoms with Crippen molar-refractivity contribution in [3.05, 3.63) is 0 Å². The monoisotopic (exact) mass is 146 g/mol. The van der Waals surface area contributed by atoms with Gasteiger partial charge in [-0.25, -0.2) is 4.79 Å². The molecule has 10 heavy (non-hydrogen) atoms. The predicted octanol–water partition coefficient (Wildman–Crippen LogP) is 0.254. The standard InChI is InChI=1S/C6H14N2O2/c1-2-3-7-4-5-8-6(9)10/h7-8H,2-5H2,1H3,(H,9,10). The quantitative estimate of drug-likeness (QED) is 0.487. The third kappa shape index (κ3) is 7.23. The van der Waals surface area contributed by atoms with E-state index >= 15 is 0 Å².